The summed E-state index contributed by atoms with van der Waals surface area (Å²) >= 11 is 4.03. The number of rotatable bonds is 4. The van der Waals surface area contributed by atoms with Gasteiger partial charge in [-0.3, -0.25) is 0 Å². The highest BCUT2D eigenvalue weighted by molar-refractivity contribution is 7.80. The molecule has 0 atom stereocenters. The van der Waals surface area contributed by atoms with Crippen molar-refractivity contribution in [3.05, 3.63) is 12.3 Å². The summed E-state index contributed by atoms with van der Waals surface area (Å²) in [5, 5.41) is 6.34. The van der Waals surface area contributed by atoms with Crippen LogP contribution in [0.1, 0.15) is 20.8 Å². The van der Waals surface area contributed by atoms with Crippen molar-refractivity contribution in [1.29, 1.82) is 0 Å². The van der Waals surface area contributed by atoms with Crippen LogP contribution in [-0.2, 0) is 0 Å². The average molecular weight is 174 g/mol. The summed E-state index contributed by atoms with van der Waals surface area (Å²) in [6.07, 6.45) is 0. The number of hydrogen-bond acceptors (Lipinski definition) is 3. The second-order valence-corrected chi connectivity index (χ2v) is 3.88. The van der Waals surface area contributed by atoms with Crippen molar-refractivity contribution in [2.24, 2.45) is 0 Å². The third kappa shape index (κ3) is 7.75. The maximum absolute atomic E-state index is 4.03. The van der Waals surface area contributed by atoms with Gasteiger partial charge in [0.25, 0.3) is 0 Å². The molecule has 0 aliphatic rings. The lowest BCUT2D eigenvalue weighted by atomic mass is 10.1. The molecule has 2 N–H and O–H groups in total. The van der Waals surface area contributed by atoms with E-state index < -0.39 is 0 Å². The lowest BCUT2D eigenvalue weighted by molar-refractivity contribution is 0.466. The number of thiol groups is 1. The first kappa shape index (κ1) is 10.8. The predicted molar refractivity (Wildman–Crippen MR) is 53.9 cm³/mol. The van der Waals surface area contributed by atoms with Crippen LogP contribution in [0.3, 0.4) is 0 Å². The van der Waals surface area contributed by atoms with Crippen molar-refractivity contribution in [3.8, 4) is 0 Å². The molecule has 0 aromatic rings. The second kappa shape index (κ2) is 4.67. The normalized spacial score (nSPS) is 11.3. The van der Waals surface area contributed by atoms with Crippen LogP contribution in [0.15, 0.2) is 12.3 Å². The van der Waals surface area contributed by atoms with Gasteiger partial charge in [0, 0.05) is 23.7 Å². The lowest BCUT2D eigenvalue weighted by Gasteiger charge is -2.23. The smallest absolute Gasteiger partial charge is 0.0390 e. The van der Waals surface area contributed by atoms with Gasteiger partial charge in [-0.2, -0.15) is 12.6 Å². The number of hydrogen-bond donors (Lipinski definition) is 3. The van der Waals surface area contributed by atoms with Crippen LogP contribution in [0, 0.1) is 0 Å². The van der Waals surface area contributed by atoms with Gasteiger partial charge in [0.1, 0.15) is 0 Å². The molecule has 66 valence electrons. The fraction of sp³-hybridized carbons (Fsp3) is 0.750. The molecule has 0 aromatic carbocycles. The Morgan fingerprint density at radius 2 is 2.00 bits per heavy atom. The first-order chi connectivity index (χ1) is 4.95. The second-order valence-electron chi connectivity index (χ2n) is 3.56. The van der Waals surface area contributed by atoms with Gasteiger partial charge in [0.05, 0.1) is 0 Å². The summed E-state index contributed by atoms with van der Waals surface area (Å²) in [5.41, 5.74) is 1.11. The highest BCUT2D eigenvalue weighted by Gasteiger charge is 2.08. The van der Waals surface area contributed by atoms with Gasteiger partial charge < -0.3 is 10.6 Å². The molecule has 2 nitrogen and oxygen atoms in total. The maximum Gasteiger partial charge on any atom is 0.0390 e. The molecular formula is C8H18N2S. The van der Waals surface area contributed by atoms with E-state index in [-0.39, 0.29) is 5.54 Å². The topological polar surface area (TPSA) is 24.1 Å². The van der Waals surface area contributed by atoms with Crippen molar-refractivity contribution in [2.45, 2.75) is 26.3 Å². The SMILES string of the molecule is C=C(CNCS)NC(C)(C)C. The largest absolute Gasteiger partial charge is 0.383 e. The van der Waals surface area contributed by atoms with E-state index >= 15 is 0 Å². The Kier molecular flexibility index (Phi) is 4.61. The summed E-state index contributed by atoms with van der Waals surface area (Å²) in [6, 6.07) is 0. The van der Waals surface area contributed by atoms with E-state index in [1.165, 1.54) is 0 Å². The Morgan fingerprint density at radius 3 is 2.36 bits per heavy atom. The van der Waals surface area contributed by atoms with Gasteiger partial charge in [0.2, 0.25) is 0 Å². The molecule has 3 heteroatoms. The van der Waals surface area contributed by atoms with Gasteiger partial charge in [-0.25, -0.2) is 0 Å². The predicted octanol–water partition coefficient (Wildman–Crippen LogP) is 1.37. The van der Waals surface area contributed by atoms with Crippen LogP contribution in [0.25, 0.3) is 0 Å². The fourth-order valence-corrected chi connectivity index (χ4v) is 0.893. The fourth-order valence-electron chi connectivity index (χ4n) is 0.781. The minimum atomic E-state index is 0.107. The molecule has 0 heterocycles. The van der Waals surface area contributed by atoms with Crippen molar-refractivity contribution in [1.82, 2.24) is 10.6 Å². The molecule has 0 aliphatic carbocycles. The summed E-state index contributed by atoms with van der Waals surface area (Å²) in [6.45, 7) is 11.0. The molecule has 0 spiro atoms. The number of nitrogens with one attached hydrogen (secondary N) is 2. The van der Waals surface area contributed by atoms with E-state index in [1.807, 2.05) is 0 Å². The van der Waals surface area contributed by atoms with Crippen molar-refractivity contribution in [2.75, 3.05) is 12.4 Å². The molecule has 0 saturated carbocycles. The molecule has 0 saturated heterocycles. The minimum absolute atomic E-state index is 0.107. The Morgan fingerprint density at radius 1 is 1.45 bits per heavy atom. The molecule has 0 radical (unpaired) electrons. The van der Waals surface area contributed by atoms with Crippen LogP contribution in [0.2, 0.25) is 0 Å². The Balaban J connectivity index is 3.53. The van der Waals surface area contributed by atoms with Crippen molar-refractivity contribution in [3.63, 3.8) is 0 Å². The van der Waals surface area contributed by atoms with Gasteiger partial charge in [-0.15, -0.1) is 0 Å². The zero-order chi connectivity index (χ0) is 8.91. The molecular weight excluding hydrogens is 156 g/mol. The van der Waals surface area contributed by atoms with E-state index in [0.717, 1.165) is 12.2 Å². The van der Waals surface area contributed by atoms with Crippen LogP contribution in [0.5, 0.6) is 0 Å². The van der Waals surface area contributed by atoms with Gasteiger partial charge >= 0.3 is 0 Å². The molecule has 11 heavy (non-hydrogen) atoms. The third-order valence-electron chi connectivity index (χ3n) is 1.00. The van der Waals surface area contributed by atoms with Gasteiger partial charge in [-0.05, 0) is 20.8 Å². The molecule has 0 fully saturated rings. The maximum atomic E-state index is 4.03. The van der Waals surface area contributed by atoms with E-state index in [2.05, 4.69) is 50.6 Å². The minimum Gasteiger partial charge on any atom is -0.383 e. The standard InChI is InChI=1S/C8H18N2S/c1-7(5-9-6-11)10-8(2,3)4/h9-11H,1,5-6H2,2-4H3. The van der Waals surface area contributed by atoms with Crippen LogP contribution in [0.4, 0.5) is 0 Å². The lowest BCUT2D eigenvalue weighted by Crippen LogP contribution is -2.37. The third-order valence-corrected chi connectivity index (χ3v) is 1.23. The van der Waals surface area contributed by atoms with E-state index in [9.17, 15) is 0 Å². The summed E-state index contributed by atoms with van der Waals surface area (Å²) < 4.78 is 0. The average Bonchev–Trinajstić information content (AvgIpc) is 1.79. The summed E-state index contributed by atoms with van der Waals surface area (Å²) in [5.74, 6) is 0.685. The molecule has 0 bridgehead atoms. The van der Waals surface area contributed by atoms with Crippen LogP contribution >= 0.6 is 12.6 Å². The molecule has 0 unspecified atom stereocenters. The van der Waals surface area contributed by atoms with Crippen LogP contribution < -0.4 is 10.6 Å². The van der Waals surface area contributed by atoms with E-state index in [0.29, 0.717) is 5.88 Å². The summed E-state index contributed by atoms with van der Waals surface area (Å²) in [4.78, 5) is 0. The zero-order valence-corrected chi connectivity index (χ0v) is 8.46. The quantitative estimate of drug-likeness (QED) is 0.443. The first-order valence-electron chi connectivity index (χ1n) is 3.73. The Bertz CT molecular complexity index is 127. The molecule has 0 rings (SSSR count). The van der Waals surface area contributed by atoms with Gasteiger partial charge in [0.15, 0.2) is 0 Å². The molecule has 0 aromatic heterocycles. The van der Waals surface area contributed by atoms with Gasteiger partial charge in [-0.1, -0.05) is 6.58 Å². The van der Waals surface area contributed by atoms with Crippen molar-refractivity contribution < 1.29 is 0 Å². The monoisotopic (exact) mass is 174 g/mol. The van der Waals surface area contributed by atoms with E-state index in [4.69, 9.17) is 0 Å². The highest BCUT2D eigenvalue weighted by atomic mass is 32.1. The first-order valence-corrected chi connectivity index (χ1v) is 4.36. The van der Waals surface area contributed by atoms with Crippen molar-refractivity contribution >= 4 is 12.6 Å². The summed E-state index contributed by atoms with van der Waals surface area (Å²) in [7, 11) is 0. The zero-order valence-electron chi connectivity index (χ0n) is 7.57. The Hall–Kier alpha value is -0.150. The Labute approximate surface area is 74.9 Å². The van der Waals surface area contributed by atoms with Crippen LogP contribution in [-0.4, -0.2) is 18.0 Å². The van der Waals surface area contributed by atoms with E-state index in [1.54, 1.807) is 0 Å². The molecule has 0 amide bonds. The highest BCUT2D eigenvalue weighted by Crippen LogP contribution is 2.01. The molecule has 0 aliphatic heterocycles.